The Kier molecular flexibility index (Phi) is 5.60. The van der Waals surface area contributed by atoms with Gasteiger partial charge in [0.05, 0.1) is 27.9 Å². The molecule has 9 heteroatoms. The molecule has 0 radical (unpaired) electrons. The topological polar surface area (TPSA) is 105 Å². The fraction of sp³-hybridized carbons (Fsp3) is 0.222. The molecule has 4 heterocycles. The number of pyridine rings is 1. The van der Waals surface area contributed by atoms with Crippen molar-refractivity contribution in [1.82, 2.24) is 14.4 Å². The van der Waals surface area contributed by atoms with Gasteiger partial charge in [0.15, 0.2) is 16.7 Å². The van der Waals surface area contributed by atoms with E-state index >= 15 is 0 Å². The smallest absolute Gasteiger partial charge is 0.301 e. The predicted molar refractivity (Wildman–Crippen MR) is 137 cm³/mol. The van der Waals surface area contributed by atoms with Crippen LogP contribution in [0.5, 0.6) is 0 Å². The summed E-state index contributed by atoms with van der Waals surface area (Å²) in [6, 6.07) is 10.3. The van der Waals surface area contributed by atoms with Crippen LogP contribution in [0.25, 0.3) is 11.4 Å². The predicted octanol–water partition coefficient (Wildman–Crippen LogP) is 4.85. The largest absolute Gasteiger partial charge is 0.505 e. The van der Waals surface area contributed by atoms with Gasteiger partial charge in [0.25, 0.3) is 5.78 Å². The van der Waals surface area contributed by atoms with Gasteiger partial charge in [-0.25, -0.2) is 9.97 Å². The van der Waals surface area contributed by atoms with Gasteiger partial charge in [0.1, 0.15) is 11.3 Å². The molecule has 1 unspecified atom stereocenters. The number of imidazole rings is 1. The Morgan fingerprint density at radius 3 is 2.33 bits per heavy atom. The number of ketones is 2. The number of aromatic nitrogens is 3. The summed E-state index contributed by atoms with van der Waals surface area (Å²) >= 11 is 1.06. The summed E-state index contributed by atoms with van der Waals surface area (Å²) in [5.41, 5.74) is 4.50. The monoisotopic (exact) mass is 500 g/mol. The second kappa shape index (κ2) is 8.53. The summed E-state index contributed by atoms with van der Waals surface area (Å²) in [5.74, 6) is -2.16. The lowest BCUT2D eigenvalue weighted by atomic mass is 9.96. The van der Waals surface area contributed by atoms with Crippen LogP contribution in [0.1, 0.15) is 56.4 Å². The molecule has 1 aromatic carbocycles. The highest BCUT2D eigenvalue weighted by molar-refractivity contribution is 7.18. The summed E-state index contributed by atoms with van der Waals surface area (Å²) in [5, 5.41) is 11.7. The Hall–Kier alpha value is -4.11. The van der Waals surface area contributed by atoms with Crippen LogP contribution in [0.2, 0.25) is 0 Å². The van der Waals surface area contributed by atoms with E-state index in [-0.39, 0.29) is 27.9 Å². The first-order valence-electron chi connectivity index (χ1n) is 11.4. The number of rotatable bonds is 4. The number of aryl methyl sites for hydroxylation is 4. The lowest BCUT2D eigenvalue weighted by Crippen LogP contribution is -2.29. The number of aliphatic hydroxyl groups is 1. The number of nitrogens with zero attached hydrogens (tertiary/aromatic N) is 4. The van der Waals surface area contributed by atoms with Crippen molar-refractivity contribution in [2.24, 2.45) is 0 Å². The number of thiazole rings is 1. The number of fused-ring (bicyclic) bond motifs is 1. The fourth-order valence-corrected chi connectivity index (χ4v) is 5.57. The third-order valence-corrected chi connectivity index (χ3v) is 7.71. The number of carbonyl (C=O) groups excluding carboxylic acids is 3. The molecule has 4 aromatic rings. The maximum atomic E-state index is 13.4. The van der Waals surface area contributed by atoms with Gasteiger partial charge in [-0.3, -0.25) is 19.3 Å². The van der Waals surface area contributed by atoms with Crippen LogP contribution in [0.3, 0.4) is 0 Å². The molecule has 1 saturated heterocycles. The Bertz CT molecular complexity index is 1610. The van der Waals surface area contributed by atoms with Gasteiger partial charge >= 0.3 is 5.91 Å². The molecule has 1 N–H and O–H groups in total. The van der Waals surface area contributed by atoms with E-state index in [2.05, 4.69) is 9.97 Å². The van der Waals surface area contributed by atoms with Crippen LogP contribution in [-0.2, 0) is 9.59 Å². The first kappa shape index (κ1) is 23.6. The molecule has 1 atom stereocenters. The minimum absolute atomic E-state index is 0.0646. The zero-order valence-corrected chi connectivity index (χ0v) is 21.3. The standard InChI is InChI=1S/C27H24N4O4S/c1-13-8-10-18(11-9-13)21-19(22(33)20-16(4)30-12-6-7-14(2)25(30)29-20)23(34)26(35)31(21)27-28-15(3)24(36-27)17(5)32/h6-12,21,33H,1-5H3/b22-19+. The molecule has 0 bridgehead atoms. The van der Waals surface area contributed by atoms with Crippen LogP contribution in [0, 0.1) is 27.7 Å². The molecule has 3 aromatic heterocycles. The van der Waals surface area contributed by atoms with Crippen molar-refractivity contribution in [3.8, 4) is 0 Å². The van der Waals surface area contributed by atoms with Crippen molar-refractivity contribution in [3.05, 3.63) is 86.8 Å². The molecule has 8 nitrogen and oxygen atoms in total. The first-order chi connectivity index (χ1) is 17.1. The van der Waals surface area contributed by atoms with Crippen molar-refractivity contribution in [1.29, 1.82) is 0 Å². The molecule has 0 saturated carbocycles. The van der Waals surface area contributed by atoms with Crippen molar-refractivity contribution < 1.29 is 19.5 Å². The Labute approximate surface area is 211 Å². The van der Waals surface area contributed by atoms with E-state index in [0.717, 1.165) is 22.5 Å². The maximum Gasteiger partial charge on any atom is 0.301 e. The highest BCUT2D eigenvalue weighted by Crippen LogP contribution is 2.44. The highest BCUT2D eigenvalue weighted by atomic mass is 32.1. The SMILES string of the molecule is CC(=O)c1sc(N2C(=O)C(=O)/C(=C(/O)c3nc4c(C)cccn4c3C)C2c2ccc(C)cc2)nc1C. The average molecular weight is 501 g/mol. The number of hydrogen-bond acceptors (Lipinski definition) is 7. The second-order valence-corrected chi connectivity index (χ2v) is 9.96. The van der Waals surface area contributed by atoms with Gasteiger partial charge in [-0.15, -0.1) is 0 Å². The molecule has 1 amide bonds. The normalized spacial score (nSPS) is 17.4. The summed E-state index contributed by atoms with van der Waals surface area (Å²) in [4.78, 5) is 49.7. The Morgan fingerprint density at radius 2 is 1.72 bits per heavy atom. The van der Waals surface area contributed by atoms with Gasteiger partial charge in [0, 0.05) is 13.1 Å². The summed E-state index contributed by atoms with van der Waals surface area (Å²) in [6.45, 7) is 8.77. The van der Waals surface area contributed by atoms with Gasteiger partial charge in [-0.2, -0.15) is 0 Å². The van der Waals surface area contributed by atoms with E-state index in [4.69, 9.17) is 0 Å². The maximum absolute atomic E-state index is 13.4. The minimum atomic E-state index is -0.929. The van der Waals surface area contributed by atoms with Crippen molar-refractivity contribution in [2.45, 2.75) is 40.7 Å². The summed E-state index contributed by atoms with van der Waals surface area (Å²) in [7, 11) is 0. The number of anilines is 1. The van der Waals surface area contributed by atoms with Gasteiger partial charge in [-0.1, -0.05) is 47.2 Å². The van der Waals surface area contributed by atoms with E-state index < -0.39 is 17.7 Å². The Morgan fingerprint density at radius 1 is 1.03 bits per heavy atom. The number of carbonyl (C=O) groups is 3. The number of Topliss-reactive ketones (excluding diaryl/α,β-unsaturated/α-hetero) is 2. The van der Waals surface area contributed by atoms with E-state index in [0.29, 0.717) is 27.5 Å². The number of amides is 1. The van der Waals surface area contributed by atoms with E-state index in [1.54, 1.807) is 13.8 Å². The van der Waals surface area contributed by atoms with Gasteiger partial charge in [0.2, 0.25) is 0 Å². The van der Waals surface area contributed by atoms with Crippen molar-refractivity contribution >= 4 is 45.3 Å². The highest BCUT2D eigenvalue weighted by Gasteiger charge is 2.48. The molecule has 1 aliphatic heterocycles. The Balaban J connectivity index is 1.77. The number of hydrogen-bond donors (Lipinski definition) is 1. The zero-order chi connectivity index (χ0) is 25.9. The van der Waals surface area contributed by atoms with E-state index in [1.807, 2.05) is 60.8 Å². The van der Waals surface area contributed by atoms with Crippen molar-refractivity contribution in [3.63, 3.8) is 0 Å². The lowest BCUT2D eigenvalue weighted by molar-refractivity contribution is -0.132. The fourth-order valence-electron chi connectivity index (χ4n) is 4.58. The summed E-state index contributed by atoms with van der Waals surface area (Å²) in [6.07, 6.45) is 1.83. The molecule has 1 aliphatic rings. The second-order valence-electron chi connectivity index (χ2n) is 8.98. The molecule has 0 aliphatic carbocycles. The molecular weight excluding hydrogens is 476 g/mol. The quantitative estimate of drug-likeness (QED) is 0.186. The van der Waals surface area contributed by atoms with Crippen LogP contribution < -0.4 is 4.90 Å². The molecule has 1 fully saturated rings. The lowest BCUT2D eigenvalue weighted by Gasteiger charge is -2.23. The minimum Gasteiger partial charge on any atom is -0.505 e. The first-order valence-corrected chi connectivity index (χ1v) is 12.2. The molecular formula is C27H24N4O4S. The molecule has 5 rings (SSSR count). The third kappa shape index (κ3) is 3.54. The summed E-state index contributed by atoms with van der Waals surface area (Å²) < 4.78 is 1.84. The van der Waals surface area contributed by atoms with Crippen LogP contribution in [0.15, 0.2) is 48.2 Å². The molecule has 0 spiro atoms. The number of benzene rings is 1. The average Bonchev–Trinajstić information content (AvgIpc) is 3.47. The van der Waals surface area contributed by atoms with Crippen LogP contribution >= 0.6 is 11.3 Å². The van der Waals surface area contributed by atoms with E-state index in [1.165, 1.54) is 11.8 Å². The van der Waals surface area contributed by atoms with E-state index in [9.17, 15) is 19.5 Å². The molecule has 182 valence electrons. The zero-order valence-electron chi connectivity index (χ0n) is 20.5. The van der Waals surface area contributed by atoms with Crippen LogP contribution in [-0.4, -0.2) is 36.9 Å². The van der Waals surface area contributed by atoms with Gasteiger partial charge < -0.3 is 9.51 Å². The third-order valence-electron chi connectivity index (χ3n) is 6.46. The van der Waals surface area contributed by atoms with Crippen molar-refractivity contribution in [2.75, 3.05) is 4.90 Å². The van der Waals surface area contributed by atoms with Gasteiger partial charge in [-0.05, 0) is 44.9 Å². The van der Waals surface area contributed by atoms with Crippen LogP contribution in [0.4, 0.5) is 5.13 Å². The molecule has 36 heavy (non-hydrogen) atoms. The number of aliphatic hydroxyl groups excluding tert-OH is 1.